The third-order valence-corrected chi connectivity index (χ3v) is 4.83. The summed E-state index contributed by atoms with van der Waals surface area (Å²) in [5, 5.41) is 10.0. The van der Waals surface area contributed by atoms with Crippen LogP contribution in [0, 0.1) is 11.3 Å². The largest absolute Gasteiger partial charge is 0.368 e. The van der Waals surface area contributed by atoms with E-state index in [1.165, 1.54) is 5.56 Å². The number of benzene rings is 2. The van der Waals surface area contributed by atoms with Gasteiger partial charge < -0.3 is 4.90 Å². The molecule has 1 saturated heterocycles. The van der Waals surface area contributed by atoms with Gasteiger partial charge in [0.25, 0.3) is 0 Å². The van der Waals surface area contributed by atoms with Gasteiger partial charge in [0, 0.05) is 37.2 Å². The summed E-state index contributed by atoms with van der Waals surface area (Å²) in [5.74, 6) is 0. The lowest BCUT2D eigenvalue weighted by molar-refractivity contribution is 0.198. The number of piperazine rings is 1. The van der Waals surface area contributed by atoms with Gasteiger partial charge in [-0.15, -0.1) is 0 Å². The van der Waals surface area contributed by atoms with Gasteiger partial charge in [-0.3, -0.25) is 4.90 Å². The summed E-state index contributed by atoms with van der Waals surface area (Å²) in [6.07, 6.45) is 0. The number of halogens is 1. The topological polar surface area (TPSA) is 30.3 Å². The fraction of sp³-hybridized carbons (Fsp3) is 0.316. The minimum atomic E-state index is 0.376. The molecule has 1 atom stereocenters. The maximum atomic E-state index is 9.26. The molecule has 3 rings (SSSR count). The zero-order valence-corrected chi connectivity index (χ0v) is 14.0. The van der Waals surface area contributed by atoms with Gasteiger partial charge in [0.05, 0.1) is 11.3 Å². The third kappa shape index (κ3) is 3.50. The lowest BCUT2D eigenvalue weighted by Crippen LogP contribution is -2.47. The molecule has 0 spiro atoms. The molecule has 0 aromatic heterocycles. The van der Waals surface area contributed by atoms with E-state index in [0.29, 0.717) is 6.04 Å². The van der Waals surface area contributed by atoms with Crippen LogP contribution in [0.2, 0.25) is 5.02 Å². The molecule has 0 saturated carbocycles. The number of para-hydroxylation sites is 1. The first-order valence-electron chi connectivity index (χ1n) is 7.92. The summed E-state index contributed by atoms with van der Waals surface area (Å²) in [6, 6.07) is 18.6. The van der Waals surface area contributed by atoms with Crippen LogP contribution in [0.4, 0.5) is 5.69 Å². The average Bonchev–Trinajstić information content (AvgIpc) is 2.62. The SMILES string of the molecule is CC(c1ccc(Cl)cc1)N1CCN(c2ccccc2C#N)CC1. The fourth-order valence-electron chi connectivity index (χ4n) is 3.15. The van der Waals surface area contributed by atoms with E-state index in [0.717, 1.165) is 42.5 Å². The highest BCUT2D eigenvalue weighted by Gasteiger charge is 2.23. The van der Waals surface area contributed by atoms with Crippen LogP contribution in [0.15, 0.2) is 48.5 Å². The molecule has 2 aromatic carbocycles. The van der Waals surface area contributed by atoms with E-state index < -0.39 is 0 Å². The van der Waals surface area contributed by atoms with Crippen molar-refractivity contribution in [2.75, 3.05) is 31.1 Å². The van der Waals surface area contributed by atoms with Crippen LogP contribution in [0.1, 0.15) is 24.1 Å². The van der Waals surface area contributed by atoms with Gasteiger partial charge in [-0.2, -0.15) is 5.26 Å². The highest BCUT2D eigenvalue weighted by atomic mass is 35.5. The predicted octanol–water partition coefficient (Wildman–Crippen LogP) is 4.09. The van der Waals surface area contributed by atoms with E-state index in [2.05, 4.69) is 34.9 Å². The Hall–Kier alpha value is -2.02. The van der Waals surface area contributed by atoms with E-state index in [4.69, 9.17) is 11.6 Å². The molecule has 0 bridgehead atoms. The van der Waals surface area contributed by atoms with Crippen LogP contribution in [-0.2, 0) is 0 Å². The summed E-state index contributed by atoms with van der Waals surface area (Å²) in [6.45, 7) is 6.10. The average molecular weight is 326 g/mol. The van der Waals surface area contributed by atoms with Crippen molar-refractivity contribution in [3.63, 3.8) is 0 Å². The Kier molecular flexibility index (Phi) is 4.85. The van der Waals surface area contributed by atoms with Crippen molar-refractivity contribution < 1.29 is 0 Å². The Bertz CT molecular complexity index is 697. The summed E-state index contributed by atoms with van der Waals surface area (Å²) >= 11 is 5.97. The molecule has 0 N–H and O–H groups in total. The Morgan fingerprint density at radius 3 is 2.30 bits per heavy atom. The number of anilines is 1. The first-order valence-corrected chi connectivity index (χ1v) is 8.30. The van der Waals surface area contributed by atoms with Gasteiger partial charge in [-0.05, 0) is 36.8 Å². The van der Waals surface area contributed by atoms with Crippen LogP contribution in [0.5, 0.6) is 0 Å². The quantitative estimate of drug-likeness (QED) is 0.851. The minimum Gasteiger partial charge on any atom is -0.368 e. The molecular weight excluding hydrogens is 306 g/mol. The lowest BCUT2D eigenvalue weighted by Gasteiger charge is -2.39. The number of hydrogen-bond acceptors (Lipinski definition) is 3. The maximum absolute atomic E-state index is 9.26. The van der Waals surface area contributed by atoms with Crippen LogP contribution in [0.3, 0.4) is 0 Å². The van der Waals surface area contributed by atoms with Gasteiger partial charge in [0.2, 0.25) is 0 Å². The molecular formula is C19H20ClN3. The van der Waals surface area contributed by atoms with Crippen molar-refractivity contribution in [2.45, 2.75) is 13.0 Å². The molecule has 0 radical (unpaired) electrons. The van der Waals surface area contributed by atoms with Crippen molar-refractivity contribution in [3.05, 3.63) is 64.7 Å². The lowest BCUT2D eigenvalue weighted by atomic mass is 10.1. The summed E-state index contributed by atoms with van der Waals surface area (Å²) in [7, 11) is 0. The van der Waals surface area contributed by atoms with Gasteiger partial charge in [0.1, 0.15) is 6.07 Å². The molecule has 1 aliphatic rings. The smallest absolute Gasteiger partial charge is 0.101 e. The number of rotatable bonds is 3. The van der Waals surface area contributed by atoms with Crippen molar-refractivity contribution in [1.29, 1.82) is 5.26 Å². The first kappa shape index (κ1) is 15.9. The van der Waals surface area contributed by atoms with Crippen LogP contribution in [0.25, 0.3) is 0 Å². The van der Waals surface area contributed by atoms with Crippen LogP contribution >= 0.6 is 11.6 Å². The van der Waals surface area contributed by atoms with Crippen molar-refractivity contribution >= 4 is 17.3 Å². The van der Waals surface area contributed by atoms with Gasteiger partial charge >= 0.3 is 0 Å². The second kappa shape index (κ2) is 7.04. The van der Waals surface area contributed by atoms with Crippen LogP contribution < -0.4 is 4.90 Å². The normalized spacial score (nSPS) is 16.8. The van der Waals surface area contributed by atoms with Gasteiger partial charge in [-0.25, -0.2) is 0 Å². The predicted molar refractivity (Wildman–Crippen MR) is 94.8 cm³/mol. The molecule has 4 heteroatoms. The maximum Gasteiger partial charge on any atom is 0.101 e. The van der Waals surface area contributed by atoms with Crippen molar-refractivity contribution in [3.8, 4) is 6.07 Å². The monoisotopic (exact) mass is 325 g/mol. The molecule has 23 heavy (non-hydrogen) atoms. The Morgan fingerprint density at radius 1 is 1.00 bits per heavy atom. The molecule has 1 fully saturated rings. The zero-order valence-electron chi connectivity index (χ0n) is 13.2. The van der Waals surface area contributed by atoms with E-state index in [1.807, 2.05) is 36.4 Å². The zero-order chi connectivity index (χ0) is 16.2. The first-order chi connectivity index (χ1) is 11.2. The van der Waals surface area contributed by atoms with Crippen LogP contribution in [-0.4, -0.2) is 31.1 Å². The summed E-state index contributed by atoms with van der Waals surface area (Å²) in [4.78, 5) is 4.79. The molecule has 1 heterocycles. The van der Waals surface area contributed by atoms with Gasteiger partial charge in [-0.1, -0.05) is 35.9 Å². The molecule has 2 aromatic rings. The minimum absolute atomic E-state index is 0.376. The second-order valence-corrected chi connectivity index (χ2v) is 6.32. The van der Waals surface area contributed by atoms with Gasteiger partial charge in [0.15, 0.2) is 0 Å². The van der Waals surface area contributed by atoms with Crippen molar-refractivity contribution in [2.24, 2.45) is 0 Å². The Labute approximate surface area is 142 Å². The molecule has 3 nitrogen and oxygen atoms in total. The molecule has 0 amide bonds. The molecule has 1 unspecified atom stereocenters. The number of nitrogens with zero attached hydrogens (tertiary/aromatic N) is 3. The third-order valence-electron chi connectivity index (χ3n) is 4.58. The standard InChI is InChI=1S/C19H20ClN3/c1-15(16-6-8-18(20)9-7-16)22-10-12-23(13-11-22)19-5-3-2-4-17(19)14-21/h2-9,15H,10-13H2,1H3. The fourth-order valence-corrected chi connectivity index (χ4v) is 3.27. The highest BCUT2D eigenvalue weighted by molar-refractivity contribution is 6.30. The molecule has 0 aliphatic carbocycles. The van der Waals surface area contributed by atoms with E-state index in [1.54, 1.807) is 0 Å². The molecule has 118 valence electrons. The van der Waals surface area contributed by atoms with Crippen molar-refractivity contribution in [1.82, 2.24) is 4.90 Å². The number of hydrogen-bond donors (Lipinski definition) is 0. The highest BCUT2D eigenvalue weighted by Crippen LogP contribution is 2.26. The molecule has 1 aliphatic heterocycles. The summed E-state index contributed by atoms with van der Waals surface area (Å²) < 4.78 is 0. The Morgan fingerprint density at radius 2 is 1.65 bits per heavy atom. The second-order valence-electron chi connectivity index (χ2n) is 5.88. The van der Waals surface area contributed by atoms with E-state index in [-0.39, 0.29) is 0 Å². The van der Waals surface area contributed by atoms with E-state index in [9.17, 15) is 5.26 Å². The van der Waals surface area contributed by atoms with E-state index >= 15 is 0 Å². The number of nitriles is 1. The Balaban J connectivity index is 1.66. The summed E-state index contributed by atoms with van der Waals surface area (Å²) in [5.41, 5.74) is 3.10.